The van der Waals surface area contributed by atoms with Gasteiger partial charge in [0.05, 0.1) is 11.0 Å². The zero-order chi connectivity index (χ0) is 15.1. The van der Waals surface area contributed by atoms with E-state index in [0.29, 0.717) is 6.42 Å². The Labute approximate surface area is 115 Å². The summed E-state index contributed by atoms with van der Waals surface area (Å²) in [5.41, 5.74) is 0.841. The third kappa shape index (κ3) is 3.15. The number of hydrogen-bond acceptors (Lipinski definition) is 3. The van der Waals surface area contributed by atoms with Gasteiger partial charge < -0.3 is 5.11 Å². The van der Waals surface area contributed by atoms with Crippen LogP contribution in [0.5, 0.6) is 0 Å². The van der Waals surface area contributed by atoms with Crippen molar-refractivity contribution >= 4 is 9.84 Å². The van der Waals surface area contributed by atoms with Gasteiger partial charge in [-0.25, -0.2) is 8.42 Å². The van der Waals surface area contributed by atoms with E-state index in [0.717, 1.165) is 5.56 Å². The van der Waals surface area contributed by atoms with E-state index in [9.17, 15) is 26.7 Å². The summed E-state index contributed by atoms with van der Waals surface area (Å²) in [5.74, 6) is -1.64. The molecule has 1 aliphatic rings. The molecule has 0 radical (unpaired) electrons. The number of benzene rings is 1. The number of aliphatic hydroxyl groups is 1. The molecule has 0 heterocycles. The van der Waals surface area contributed by atoms with Gasteiger partial charge in [0, 0.05) is 0 Å². The number of aliphatic hydroxyl groups excluding tert-OH is 1. The predicted molar refractivity (Wildman–Crippen MR) is 67.1 cm³/mol. The van der Waals surface area contributed by atoms with Crippen LogP contribution in [0.3, 0.4) is 0 Å². The van der Waals surface area contributed by atoms with Gasteiger partial charge in [0.25, 0.3) is 0 Å². The Kier molecular flexibility index (Phi) is 3.85. The molecule has 7 heteroatoms. The van der Waals surface area contributed by atoms with Crippen molar-refractivity contribution < 1.29 is 26.7 Å². The molecule has 20 heavy (non-hydrogen) atoms. The van der Waals surface area contributed by atoms with Gasteiger partial charge >= 0.3 is 6.18 Å². The maximum absolute atomic E-state index is 12.2. The van der Waals surface area contributed by atoms with Crippen molar-refractivity contribution in [3.05, 3.63) is 29.8 Å². The summed E-state index contributed by atoms with van der Waals surface area (Å²) >= 11 is 0. The van der Waals surface area contributed by atoms with Crippen molar-refractivity contribution in [1.29, 1.82) is 0 Å². The molecule has 0 aliphatic heterocycles. The molecule has 0 amide bonds. The molecule has 3 atom stereocenters. The number of rotatable bonds is 3. The Balaban J connectivity index is 2.17. The van der Waals surface area contributed by atoms with Gasteiger partial charge in [-0.2, -0.15) is 13.2 Å². The van der Waals surface area contributed by atoms with Gasteiger partial charge in [-0.1, -0.05) is 19.1 Å². The monoisotopic (exact) mass is 308 g/mol. The van der Waals surface area contributed by atoms with Gasteiger partial charge in [0.2, 0.25) is 0 Å². The lowest BCUT2D eigenvalue weighted by molar-refractivity contribution is -0.106. The first-order valence-corrected chi connectivity index (χ1v) is 7.83. The Morgan fingerprint density at radius 2 is 1.80 bits per heavy atom. The number of hydrogen-bond donors (Lipinski definition) is 1. The fraction of sp³-hybridized carbons (Fsp3) is 0.538. The third-order valence-electron chi connectivity index (χ3n) is 3.76. The summed E-state index contributed by atoms with van der Waals surface area (Å²) in [5, 5.41) is 9.44. The van der Waals surface area contributed by atoms with Crippen molar-refractivity contribution in [3.63, 3.8) is 0 Å². The lowest BCUT2D eigenvalue weighted by Crippen LogP contribution is -2.37. The largest absolute Gasteiger partial charge is 0.403 e. The lowest BCUT2D eigenvalue weighted by atomic mass is 9.69. The zero-order valence-electron chi connectivity index (χ0n) is 10.8. The fourth-order valence-corrected chi connectivity index (χ4v) is 3.57. The van der Waals surface area contributed by atoms with Gasteiger partial charge in [0.1, 0.15) is 0 Å². The SMILES string of the molecule is CC1C(O)CC1c1ccc(S(=O)(=O)CC(F)(F)F)cc1. The van der Waals surface area contributed by atoms with Crippen LogP contribution in [0.2, 0.25) is 0 Å². The van der Waals surface area contributed by atoms with Crippen LogP contribution in [-0.4, -0.2) is 31.6 Å². The molecule has 1 aromatic rings. The van der Waals surface area contributed by atoms with Crippen molar-refractivity contribution in [3.8, 4) is 0 Å². The molecule has 112 valence electrons. The first-order chi connectivity index (χ1) is 9.10. The minimum absolute atomic E-state index is 0.0765. The molecule has 0 aromatic heterocycles. The Morgan fingerprint density at radius 1 is 1.25 bits per heavy atom. The van der Waals surface area contributed by atoms with Gasteiger partial charge in [-0.15, -0.1) is 0 Å². The average Bonchev–Trinajstić information content (AvgIpc) is 2.33. The van der Waals surface area contributed by atoms with Crippen LogP contribution in [0.25, 0.3) is 0 Å². The molecule has 0 spiro atoms. The second kappa shape index (κ2) is 5.04. The average molecular weight is 308 g/mol. The molecule has 1 aliphatic carbocycles. The van der Waals surface area contributed by atoms with Crippen LogP contribution in [0.4, 0.5) is 13.2 Å². The molecule has 1 fully saturated rings. The summed E-state index contributed by atoms with van der Waals surface area (Å²) in [6, 6.07) is 5.45. The maximum Gasteiger partial charge on any atom is 0.403 e. The van der Waals surface area contributed by atoms with Crippen LogP contribution in [0, 0.1) is 5.92 Å². The minimum Gasteiger partial charge on any atom is -0.393 e. The Hall–Kier alpha value is -1.08. The highest BCUT2D eigenvalue weighted by Gasteiger charge is 2.38. The lowest BCUT2D eigenvalue weighted by Gasteiger charge is -2.39. The minimum atomic E-state index is -4.75. The molecule has 0 bridgehead atoms. The number of alkyl halides is 3. The van der Waals surface area contributed by atoms with Crippen molar-refractivity contribution in [2.75, 3.05) is 5.75 Å². The van der Waals surface area contributed by atoms with E-state index in [4.69, 9.17) is 0 Å². The van der Waals surface area contributed by atoms with Crippen molar-refractivity contribution in [2.45, 2.75) is 36.4 Å². The van der Waals surface area contributed by atoms with E-state index in [1.807, 2.05) is 6.92 Å². The normalized spacial score (nSPS) is 27.1. The summed E-state index contributed by atoms with van der Waals surface area (Å²) in [7, 11) is -4.35. The van der Waals surface area contributed by atoms with Crippen molar-refractivity contribution in [1.82, 2.24) is 0 Å². The van der Waals surface area contributed by atoms with Gasteiger partial charge in [-0.3, -0.25) is 0 Å². The fourth-order valence-electron chi connectivity index (χ4n) is 2.42. The first kappa shape index (κ1) is 15.3. The first-order valence-electron chi connectivity index (χ1n) is 6.18. The smallest absolute Gasteiger partial charge is 0.393 e. The topological polar surface area (TPSA) is 54.4 Å². The molecule has 0 saturated heterocycles. The number of sulfone groups is 1. The van der Waals surface area contributed by atoms with Crippen molar-refractivity contribution in [2.24, 2.45) is 5.92 Å². The second-order valence-electron chi connectivity index (χ2n) is 5.21. The van der Waals surface area contributed by atoms with Crippen LogP contribution in [0.1, 0.15) is 24.8 Å². The molecular formula is C13H15F3O3S. The van der Waals surface area contributed by atoms with E-state index >= 15 is 0 Å². The highest BCUT2D eigenvalue weighted by atomic mass is 32.2. The third-order valence-corrected chi connectivity index (χ3v) is 5.46. The predicted octanol–water partition coefficient (Wildman–Crippen LogP) is 2.51. The molecule has 2 rings (SSSR count). The Morgan fingerprint density at radius 3 is 2.20 bits per heavy atom. The molecule has 1 aromatic carbocycles. The maximum atomic E-state index is 12.2. The standard InChI is InChI=1S/C13H15F3O3S/c1-8-11(6-12(8)17)9-2-4-10(5-3-9)20(18,19)7-13(14,15)16/h2-5,8,11-12,17H,6-7H2,1H3. The highest BCUT2D eigenvalue weighted by molar-refractivity contribution is 7.91. The van der Waals surface area contributed by atoms with Gasteiger partial charge in [-0.05, 0) is 36.0 Å². The summed E-state index contributed by atoms with van der Waals surface area (Å²) in [4.78, 5) is -0.328. The van der Waals surface area contributed by atoms with E-state index in [2.05, 4.69) is 0 Å². The molecule has 3 unspecified atom stereocenters. The molecular weight excluding hydrogens is 293 g/mol. The Bertz CT molecular complexity index is 578. The van der Waals surface area contributed by atoms with Crippen LogP contribution < -0.4 is 0 Å². The van der Waals surface area contributed by atoms with E-state index in [1.54, 1.807) is 0 Å². The molecule has 1 N–H and O–H groups in total. The van der Waals surface area contributed by atoms with Crippen LogP contribution >= 0.6 is 0 Å². The zero-order valence-corrected chi connectivity index (χ0v) is 11.6. The van der Waals surface area contributed by atoms with Crippen LogP contribution in [-0.2, 0) is 9.84 Å². The second-order valence-corrected chi connectivity index (χ2v) is 7.20. The quantitative estimate of drug-likeness (QED) is 0.933. The van der Waals surface area contributed by atoms with Crippen LogP contribution in [0.15, 0.2) is 29.2 Å². The highest BCUT2D eigenvalue weighted by Crippen LogP contribution is 2.42. The van der Waals surface area contributed by atoms with E-state index in [-0.39, 0.29) is 22.8 Å². The number of halogens is 3. The summed E-state index contributed by atoms with van der Waals surface area (Å²) in [6.45, 7) is 1.88. The van der Waals surface area contributed by atoms with Gasteiger partial charge in [0.15, 0.2) is 15.6 Å². The molecule has 1 saturated carbocycles. The van der Waals surface area contributed by atoms with E-state index < -0.39 is 21.8 Å². The molecule has 3 nitrogen and oxygen atoms in total. The van der Waals surface area contributed by atoms with E-state index in [1.165, 1.54) is 24.3 Å². The summed E-state index contributed by atoms with van der Waals surface area (Å²) in [6.07, 6.45) is -4.52. The summed E-state index contributed by atoms with van der Waals surface area (Å²) < 4.78 is 59.7.